The zero-order valence-corrected chi connectivity index (χ0v) is 10.7. The Bertz CT molecular complexity index is 537. The molecule has 0 aliphatic rings. The molecule has 1 N–H and O–H groups in total. The lowest BCUT2D eigenvalue weighted by Crippen LogP contribution is -2.04. The van der Waals surface area contributed by atoms with Gasteiger partial charge in [-0.15, -0.1) is 0 Å². The molecule has 1 aromatic carbocycles. The minimum Gasteiger partial charge on any atom is -0.496 e. The molecule has 19 heavy (non-hydrogen) atoms. The van der Waals surface area contributed by atoms with Gasteiger partial charge in [-0.05, 0) is 19.1 Å². The Kier molecular flexibility index (Phi) is 5.42. The first kappa shape index (κ1) is 14.6. The minimum absolute atomic E-state index is 0.0126. The second-order valence-corrected chi connectivity index (χ2v) is 3.47. The number of carbonyl (C=O) groups is 2. The van der Waals surface area contributed by atoms with Crippen molar-refractivity contribution in [2.75, 3.05) is 13.7 Å². The first-order valence-corrected chi connectivity index (χ1v) is 5.65. The normalized spacial score (nSPS) is 9.16. The molecule has 0 bridgehead atoms. The Morgan fingerprint density at radius 2 is 2.11 bits per heavy atom. The van der Waals surface area contributed by atoms with Crippen LogP contribution in [0.15, 0.2) is 18.2 Å². The summed E-state index contributed by atoms with van der Waals surface area (Å²) in [6.45, 7) is 2.00. The zero-order valence-electron chi connectivity index (χ0n) is 10.7. The third-order valence-corrected chi connectivity index (χ3v) is 2.22. The summed E-state index contributed by atoms with van der Waals surface area (Å²) in [7, 11) is 1.39. The Balaban J connectivity index is 2.98. The van der Waals surface area contributed by atoms with Gasteiger partial charge in [0.1, 0.15) is 17.7 Å². The summed E-state index contributed by atoms with van der Waals surface area (Å²) in [5.41, 5.74) is 0.289. The van der Waals surface area contributed by atoms with Crippen molar-refractivity contribution in [1.29, 1.82) is 0 Å². The molecule has 0 heterocycles. The smallest absolute Gasteiger partial charge is 0.340 e. The summed E-state index contributed by atoms with van der Waals surface area (Å²) in [5.74, 6) is 3.91. The number of rotatable bonds is 4. The number of carbonyl (C=O) groups excluding carboxylic acids is 1. The molecule has 0 radical (unpaired) electrons. The summed E-state index contributed by atoms with van der Waals surface area (Å²) in [5, 5.41) is 9.13. The fraction of sp³-hybridized carbons (Fsp3) is 0.286. The molecule has 5 heteroatoms. The molecule has 1 aromatic rings. The third-order valence-electron chi connectivity index (χ3n) is 2.22. The van der Waals surface area contributed by atoms with E-state index in [1.165, 1.54) is 7.11 Å². The molecule has 0 spiro atoms. The quantitative estimate of drug-likeness (QED) is 0.660. The zero-order chi connectivity index (χ0) is 14.3. The maximum Gasteiger partial charge on any atom is 0.340 e. The predicted molar refractivity (Wildman–Crippen MR) is 68.1 cm³/mol. The molecule has 100 valence electrons. The highest BCUT2D eigenvalue weighted by molar-refractivity contribution is 5.94. The second-order valence-electron chi connectivity index (χ2n) is 3.47. The van der Waals surface area contributed by atoms with Crippen molar-refractivity contribution in [3.63, 3.8) is 0 Å². The molecule has 1 rings (SSSR count). The van der Waals surface area contributed by atoms with Gasteiger partial charge in [0.2, 0.25) is 0 Å². The Labute approximate surface area is 111 Å². The van der Waals surface area contributed by atoms with Crippen molar-refractivity contribution in [3.8, 4) is 17.6 Å². The number of hydrogen-bond donors (Lipinski definition) is 1. The molecule has 0 amide bonds. The lowest BCUT2D eigenvalue weighted by molar-refractivity contribution is -0.141. The van der Waals surface area contributed by atoms with Crippen molar-refractivity contribution in [1.82, 2.24) is 0 Å². The molecule has 0 unspecified atom stereocenters. The Hall–Kier alpha value is -2.48. The average Bonchev–Trinajstić information content (AvgIpc) is 2.38. The highest BCUT2D eigenvalue weighted by Crippen LogP contribution is 2.21. The van der Waals surface area contributed by atoms with Gasteiger partial charge in [-0.2, -0.15) is 0 Å². The molecule has 0 saturated heterocycles. The number of benzene rings is 1. The van der Waals surface area contributed by atoms with Gasteiger partial charge in [-0.25, -0.2) is 4.79 Å². The van der Waals surface area contributed by atoms with Gasteiger partial charge in [-0.3, -0.25) is 4.79 Å². The summed E-state index contributed by atoms with van der Waals surface area (Å²) < 4.78 is 9.69. The standard InChI is InChI=1S/C14H14O5/c1-3-19-12(15)9-5-7-10-6-4-8-11(18-2)13(10)14(16)17/h4,6,8H,3,9H2,1-2H3,(H,16,17). The van der Waals surface area contributed by atoms with Crippen molar-refractivity contribution in [3.05, 3.63) is 29.3 Å². The topological polar surface area (TPSA) is 72.8 Å². The molecule has 0 atom stereocenters. The Morgan fingerprint density at radius 1 is 1.37 bits per heavy atom. The highest BCUT2D eigenvalue weighted by Gasteiger charge is 2.14. The van der Waals surface area contributed by atoms with Crippen molar-refractivity contribution >= 4 is 11.9 Å². The molecule has 0 aliphatic carbocycles. The van der Waals surface area contributed by atoms with E-state index < -0.39 is 11.9 Å². The van der Waals surface area contributed by atoms with Crippen LogP contribution >= 0.6 is 0 Å². The lowest BCUT2D eigenvalue weighted by atomic mass is 10.1. The van der Waals surface area contributed by atoms with Crippen LogP contribution in [-0.2, 0) is 9.53 Å². The summed E-state index contributed by atoms with van der Waals surface area (Å²) in [6, 6.07) is 4.74. The van der Waals surface area contributed by atoms with E-state index in [9.17, 15) is 9.59 Å². The van der Waals surface area contributed by atoms with Crippen LogP contribution in [0.4, 0.5) is 0 Å². The molecular formula is C14H14O5. The summed E-state index contributed by atoms with van der Waals surface area (Å²) in [6.07, 6.45) is -0.0793. The molecule has 0 aromatic heterocycles. The van der Waals surface area contributed by atoms with E-state index in [4.69, 9.17) is 14.6 Å². The van der Waals surface area contributed by atoms with E-state index in [0.717, 1.165) is 0 Å². The van der Waals surface area contributed by atoms with Crippen LogP contribution in [0.25, 0.3) is 0 Å². The van der Waals surface area contributed by atoms with E-state index in [1.54, 1.807) is 25.1 Å². The van der Waals surface area contributed by atoms with Crippen LogP contribution in [0.2, 0.25) is 0 Å². The molecule has 0 fully saturated rings. The number of ether oxygens (including phenoxy) is 2. The van der Waals surface area contributed by atoms with Crippen molar-refractivity contribution < 1.29 is 24.2 Å². The maximum atomic E-state index is 11.2. The van der Waals surface area contributed by atoms with Crippen LogP contribution in [-0.4, -0.2) is 30.8 Å². The van der Waals surface area contributed by atoms with E-state index in [-0.39, 0.29) is 17.7 Å². The number of hydrogen-bond acceptors (Lipinski definition) is 4. The summed E-state index contributed by atoms with van der Waals surface area (Å²) >= 11 is 0. The van der Waals surface area contributed by atoms with Crippen LogP contribution in [0, 0.1) is 11.8 Å². The first-order valence-electron chi connectivity index (χ1n) is 5.65. The molecular weight excluding hydrogens is 248 g/mol. The van der Waals surface area contributed by atoms with Gasteiger partial charge in [0, 0.05) is 5.56 Å². The van der Waals surface area contributed by atoms with Gasteiger partial charge in [0.05, 0.1) is 13.7 Å². The van der Waals surface area contributed by atoms with Crippen molar-refractivity contribution in [2.24, 2.45) is 0 Å². The average molecular weight is 262 g/mol. The Morgan fingerprint density at radius 3 is 2.68 bits per heavy atom. The first-order chi connectivity index (χ1) is 9.10. The van der Waals surface area contributed by atoms with Crippen LogP contribution < -0.4 is 4.74 Å². The summed E-state index contributed by atoms with van der Waals surface area (Å²) in [4.78, 5) is 22.3. The maximum absolute atomic E-state index is 11.2. The van der Waals surface area contributed by atoms with E-state index >= 15 is 0 Å². The van der Waals surface area contributed by atoms with Crippen molar-refractivity contribution in [2.45, 2.75) is 13.3 Å². The van der Waals surface area contributed by atoms with Crippen LogP contribution in [0.5, 0.6) is 5.75 Å². The number of methoxy groups -OCH3 is 1. The lowest BCUT2D eigenvalue weighted by Gasteiger charge is -2.05. The van der Waals surface area contributed by atoms with Gasteiger partial charge in [0.15, 0.2) is 0 Å². The fourth-order valence-electron chi connectivity index (χ4n) is 1.45. The third kappa shape index (κ3) is 4.03. The van der Waals surface area contributed by atoms with E-state index in [2.05, 4.69) is 11.8 Å². The fourth-order valence-corrected chi connectivity index (χ4v) is 1.45. The largest absolute Gasteiger partial charge is 0.496 e. The van der Waals surface area contributed by atoms with Crippen LogP contribution in [0.3, 0.4) is 0 Å². The van der Waals surface area contributed by atoms with Crippen LogP contribution in [0.1, 0.15) is 29.3 Å². The second kappa shape index (κ2) is 7.07. The number of aromatic carboxylic acids is 1. The number of carboxylic acids is 1. The predicted octanol–water partition coefficient (Wildman–Crippen LogP) is 1.70. The van der Waals surface area contributed by atoms with Gasteiger partial charge < -0.3 is 14.6 Å². The minimum atomic E-state index is -1.13. The SMILES string of the molecule is CCOC(=O)CC#Cc1cccc(OC)c1C(=O)O. The monoisotopic (exact) mass is 262 g/mol. The van der Waals surface area contributed by atoms with Gasteiger partial charge in [0.25, 0.3) is 0 Å². The van der Waals surface area contributed by atoms with E-state index in [0.29, 0.717) is 12.2 Å². The molecule has 0 saturated carbocycles. The highest BCUT2D eigenvalue weighted by atomic mass is 16.5. The molecule has 0 aliphatic heterocycles. The number of esters is 1. The van der Waals surface area contributed by atoms with Gasteiger partial charge >= 0.3 is 11.9 Å². The molecule has 5 nitrogen and oxygen atoms in total. The van der Waals surface area contributed by atoms with Gasteiger partial charge in [-0.1, -0.05) is 17.9 Å². The number of carboxylic acid groups (broad SMARTS) is 1. The van der Waals surface area contributed by atoms with E-state index in [1.807, 2.05) is 0 Å².